The number of carbonyl (C=O) groups is 1. The van der Waals surface area contributed by atoms with Gasteiger partial charge in [-0.2, -0.15) is 0 Å². The van der Waals surface area contributed by atoms with Crippen molar-refractivity contribution in [3.05, 3.63) is 94.4 Å². The summed E-state index contributed by atoms with van der Waals surface area (Å²) in [5, 5.41) is 16.0. The van der Waals surface area contributed by atoms with E-state index in [1.807, 2.05) is 42.5 Å². The standard InChI is InChI=1S/C24H20N2O6/c1-2-30-19-9-11-21(22(14-19)26(28)29)25-24(27)23-12-10-20(32-23)15-31-18-8-7-16-5-3-4-6-17(16)13-18/h3-14H,2,15H2,1H3,(H,25,27). The number of hydrogen-bond acceptors (Lipinski definition) is 6. The third kappa shape index (κ3) is 4.70. The lowest BCUT2D eigenvalue weighted by Crippen LogP contribution is -2.12. The van der Waals surface area contributed by atoms with E-state index < -0.39 is 10.8 Å². The van der Waals surface area contributed by atoms with Crippen molar-refractivity contribution in [3.8, 4) is 11.5 Å². The van der Waals surface area contributed by atoms with Crippen LogP contribution >= 0.6 is 0 Å². The Morgan fingerprint density at radius 3 is 2.50 bits per heavy atom. The fraction of sp³-hybridized carbons (Fsp3) is 0.125. The van der Waals surface area contributed by atoms with E-state index in [1.54, 1.807) is 19.1 Å². The van der Waals surface area contributed by atoms with E-state index in [4.69, 9.17) is 13.9 Å². The summed E-state index contributed by atoms with van der Waals surface area (Å²) in [6, 6.07) is 21.1. The summed E-state index contributed by atoms with van der Waals surface area (Å²) in [6.45, 7) is 2.29. The first-order chi connectivity index (χ1) is 15.5. The number of nitrogens with one attached hydrogen (secondary N) is 1. The number of nitro groups is 1. The Morgan fingerprint density at radius 2 is 1.72 bits per heavy atom. The topological polar surface area (TPSA) is 104 Å². The summed E-state index contributed by atoms with van der Waals surface area (Å²) in [5.74, 6) is 0.892. The molecule has 4 rings (SSSR count). The number of furan rings is 1. The number of amides is 1. The molecule has 8 nitrogen and oxygen atoms in total. The predicted molar refractivity (Wildman–Crippen MR) is 119 cm³/mol. The van der Waals surface area contributed by atoms with Crippen molar-refractivity contribution < 1.29 is 23.6 Å². The second kappa shape index (κ2) is 9.22. The highest BCUT2D eigenvalue weighted by Crippen LogP contribution is 2.30. The Labute approximate surface area is 183 Å². The van der Waals surface area contributed by atoms with Crippen molar-refractivity contribution in [2.24, 2.45) is 0 Å². The van der Waals surface area contributed by atoms with Gasteiger partial charge in [0.05, 0.1) is 17.6 Å². The average Bonchev–Trinajstić information content (AvgIpc) is 3.28. The van der Waals surface area contributed by atoms with Gasteiger partial charge in [-0.25, -0.2) is 0 Å². The van der Waals surface area contributed by atoms with Crippen LogP contribution in [0.3, 0.4) is 0 Å². The normalized spacial score (nSPS) is 10.7. The van der Waals surface area contributed by atoms with E-state index in [0.717, 1.165) is 10.8 Å². The molecule has 1 aromatic heterocycles. The van der Waals surface area contributed by atoms with Crippen LogP contribution in [0.5, 0.6) is 11.5 Å². The fourth-order valence-electron chi connectivity index (χ4n) is 3.20. The van der Waals surface area contributed by atoms with Crippen molar-refractivity contribution in [2.75, 3.05) is 11.9 Å². The van der Waals surface area contributed by atoms with Crippen molar-refractivity contribution >= 4 is 28.1 Å². The number of rotatable bonds is 8. The number of nitrogens with zero attached hydrogens (tertiary/aromatic N) is 1. The first-order valence-corrected chi connectivity index (χ1v) is 9.96. The molecule has 162 valence electrons. The quantitative estimate of drug-likeness (QED) is 0.288. The van der Waals surface area contributed by atoms with Gasteiger partial charge in [0.15, 0.2) is 5.76 Å². The second-order valence-electron chi connectivity index (χ2n) is 6.89. The first-order valence-electron chi connectivity index (χ1n) is 9.96. The Hall–Kier alpha value is -4.33. The molecule has 1 N–H and O–H groups in total. The Balaban J connectivity index is 1.42. The maximum atomic E-state index is 12.5. The SMILES string of the molecule is CCOc1ccc(NC(=O)c2ccc(COc3ccc4ccccc4c3)o2)c([N+](=O)[O-])c1. The molecule has 8 heteroatoms. The zero-order valence-electron chi connectivity index (χ0n) is 17.2. The van der Waals surface area contributed by atoms with E-state index in [9.17, 15) is 14.9 Å². The third-order valence-corrected chi connectivity index (χ3v) is 4.71. The fourth-order valence-corrected chi connectivity index (χ4v) is 3.20. The molecule has 0 aliphatic heterocycles. The molecule has 1 heterocycles. The lowest BCUT2D eigenvalue weighted by atomic mass is 10.1. The number of carbonyl (C=O) groups excluding carboxylic acids is 1. The molecule has 0 saturated heterocycles. The van der Waals surface area contributed by atoms with Gasteiger partial charge in [-0.3, -0.25) is 14.9 Å². The zero-order chi connectivity index (χ0) is 22.5. The molecule has 0 bridgehead atoms. The van der Waals surface area contributed by atoms with Gasteiger partial charge in [0, 0.05) is 0 Å². The summed E-state index contributed by atoms with van der Waals surface area (Å²) in [6.07, 6.45) is 0. The van der Waals surface area contributed by atoms with Crippen LogP contribution in [0.1, 0.15) is 23.2 Å². The smallest absolute Gasteiger partial charge is 0.296 e. The molecule has 0 aliphatic carbocycles. The molecule has 3 aromatic carbocycles. The van der Waals surface area contributed by atoms with Crippen LogP contribution in [0, 0.1) is 10.1 Å². The second-order valence-corrected chi connectivity index (χ2v) is 6.89. The lowest BCUT2D eigenvalue weighted by Gasteiger charge is -2.07. The van der Waals surface area contributed by atoms with E-state index in [2.05, 4.69) is 5.32 Å². The Kier molecular flexibility index (Phi) is 6.03. The number of ether oxygens (including phenoxy) is 2. The molecule has 0 aliphatic rings. The van der Waals surface area contributed by atoms with Gasteiger partial charge < -0.3 is 19.2 Å². The molecule has 4 aromatic rings. The van der Waals surface area contributed by atoms with Crippen molar-refractivity contribution in [1.29, 1.82) is 0 Å². The molecule has 0 fully saturated rings. The summed E-state index contributed by atoms with van der Waals surface area (Å²) >= 11 is 0. The van der Waals surface area contributed by atoms with Gasteiger partial charge in [0.2, 0.25) is 0 Å². The van der Waals surface area contributed by atoms with Crippen LogP contribution in [0.4, 0.5) is 11.4 Å². The van der Waals surface area contributed by atoms with E-state index >= 15 is 0 Å². The third-order valence-electron chi connectivity index (χ3n) is 4.71. The molecule has 0 spiro atoms. The molecule has 1 amide bonds. The highest BCUT2D eigenvalue weighted by Gasteiger charge is 2.20. The van der Waals surface area contributed by atoms with E-state index in [-0.39, 0.29) is 23.7 Å². The summed E-state index contributed by atoms with van der Waals surface area (Å²) in [5.41, 5.74) is -0.218. The number of nitro benzene ring substituents is 1. The predicted octanol–water partition coefficient (Wildman–Crippen LogP) is 5.57. The van der Waals surface area contributed by atoms with Gasteiger partial charge in [-0.15, -0.1) is 0 Å². The minimum absolute atomic E-state index is 0.0188. The minimum atomic E-state index is -0.603. The summed E-state index contributed by atoms with van der Waals surface area (Å²) in [4.78, 5) is 23.3. The highest BCUT2D eigenvalue weighted by atomic mass is 16.6. The van der Waals surface area contributed by atoms with Crippen LogP contribution in [0.2, 0.25) is 0 Å². The van der Waals surface area contributed by atoms with E-state index in [1.165, 1.54) is 18.2 Å². The average molecular weight is 432 g/mol. The highest BCUT2D eigenvalue weighted by molar-refractivity contribution is 6.03. The van der Waals surface area contributed by atoms with Gasteiger partial charge in [-0.1, -0.05) is 30.3 Å². The van der Waals surface area contributed by atoms with Gasteiger partial charge in [0.25, 0.3) is 11.6 Å². The molecule has 0 saturated carbocycles. The number of benzene rings is 3. The molecule has 32 heavy (non-hydrogen) atoms. The number of hydrogen-bond donors (Lipinski definition) is 1. The van der Waals surface area contributed by atoms with Crippen LogP contribution in [-0.2, 0) is 6.61 Å². The van der Waals surface area contributed by atoms with E-state index in [0.29, 0.717) is 23.9 Å². The van der Waals surface area contributed by atoms with Gasteiger partial charge in [0.1, 0.15) is 29.6 Å². The van der Waals surface area contributed by atoms with Crippen molar-refractivity contribution in [1.82, 2.24) is 0 Å². The van der Waals surface area contributed by atoms with Crippen LogP contribution in [0.25, 0.3) is 10.8 Å². The Morgan fingerprint density at radius 1 is 0.969 bits per heavy atom. The lowest BCUT2D eigenvalue weighted by molar-refractivity contribution is -0.384. The molecular weight excluding hydrogens is 412 g/mol. The minimum Gasteiger partial charge on any atom is -0.494 e. The molecule has 0 atom stereocenters. The number of anilines is 1. The van der Waals surface area contributed by atoms with Crippen molar-refractivity contribution in [3.63, 3.8) is 0 Å². The first kappa shape index (κ1) is 20.9. The van der Waals surface area contributed by atoms with Crippen LogP contribution in [-0.4, -0.2) is 17.4 Å². The zero-order valence-corrected chi connectivity index (χ0v) is 17.2. The molecule has 0 radical (unpaired) electrons. The number of fused-ring (bicyclic) bond motifs is 1. The van der Waals surface area contributed by atoms with Crippen LogP contribution in [0.15, 0.2) is 77.2 Å². The Bertz CT molecular complexity index is 1280. The van der Waals surface area contributed by atoms with Crippen molar-refractivity contribution in [2.45, 2.75) is 13.5 Å². The summed E-state index contributed by atoms with van der Waals surface area (Å²) < 4.78 is 16.6. The van der Waals surface area contributed by atoms with Gasteiger partial charge >= 0.3 is 0 Å². The summed E-state index contributed by atoms with van der Waals surface area (Å²) in [7, 11) is 0. The van der Waals surface area contributed by atoms with Crippen LogP contribution < -0.4 is 14.8 Å². The molecular formula is C24H20N2O6. The maximum Gasteiger partial charge on any atom is 0.296 e. The van der Waals surface area contributed by atoms with Gasteiger partial charge in [-0.05, 0) is 54.1 Å². The monoisotopic (exact) mass is 432 g/mol. The maximum absolute atomic E-state index is 12.5. The largest absolute Gasteiger partial charge is 0.494 e. The molecule has 0 unspecified atom stereocenters.